The number of benzene rings is 1. The molecule has 100 valence electrons. The Kier molecular flexibility index (Phi) is 4.34. The molecule has 1 heterocycles. The monoisotopic (exact) mass is 300 g/mol. The fourth-order valence-electron chi connectivity index (χ4n) is 1.40. The normalized spacial score (nSPS) is 10.3. The van der Waals surface area contributed by atoms with E-state index in [-0.39, 0.29) is 11.4 Å². The van der Waals surface area contributed by atoms with E-state index < -0.39 is 11.7 Å². The third-order valence-electron chi connectivity index (χ3n) is 2.33. The van der Waals surface area contributed by atoms with Crippen molar-refractivity contribution in [2.24, 2.45) is 0 Å². The van der Waals surface area contributed by atoms with Crippen LogP contribution < -0.4 is 10.1 Å². The summed E-state index contributed by atoms with van der Waals surface area (Å²) in [5.41, 5.74) is 0.598. The highest BCUT2D eigenvalue weighted by atomic mass is 35.5. The van der Waals surface area contributed by atoms with Gasteiger partial charge in [0.05, 0.1) is 24.2 Å². The molecule has 0 radical (unpaired) electrons. The van der Waals surface area contributed by atoms with Gasteiger partial charge in [-0.3, -0.25) is 10.1 Å². The molecule has 7 heteroatoms. The molecule has 0 spiro atoms. The summed E-state index contributed by atoms with van der Waals surface area (Å²) in [6.45, 7) is 0. The topological polar surface area (TPSA) is 51.2 Å². The number of nitrogens with one attached hydrogen (secondary N) is 1. The molecule has 0 saturated carbocycles. The number of ether oxygens (including phenoxy) is 1. The first-order chi connectivity index (χ1) is 9.13. The van der Waals surface area contributed by atoms with E-state index in [1.165, 1.54) is 30.6 Å². The van der Waals surface area contributed by atoms with Crippen LogP contribution in [0.25, 0.3) is 0 Å². The van der Waals surface area contributed by atoms with E-state index in [1.54, 1.807) is 5.38 Å². The molecule has 1 amide bonds. The van der Waals surface area contributed by atoms with Gasteiger partial charge in [-0.1, -0.05) is 0 Å². The summed E-state index contributed by atoms with van der Waals surface area (Å²) >= 11 is 6.85. The fourth-order valence-corrected chi connectivity index (χ4v) is 2.33. The second kappa shape index (κ2) is 5.99. The number of carbonyl (C=O) groups is 1. The van der Waals surface area contributed by atoms with Gasteiger partial charge < -0.3 is 4.74 Å². The van der Waals surface area contributed by atoms with E-state index in [4.69, 9.17) is 16.3 Å². The number of thiazole rings is 1. The summed E-state index contributed by atoms with van der Waals surface area (Å²) in [6.07, 6.45) is 0. The summed E-state index contributed by atoms with van der Waals surface area (Å²) in [5.74, 6) is -0.585. The Bertz CT molecular complexity index is 603. The largest absolute Gasteiger partial charge is 0.497 e. The quantitative estimate of drug-likeness (QED) is 0.882. The molecule has 0 aliphatic heterocycles. The van der Waals surface area contributed by atoms with Gasteiger partial charge in [-0.2, -0.15) is 0 Å². The van der Waals surface area contributed by atoms with Gasteiger partial charge in [-0.15, -0.1) is 22.9 Å². The number of amides is 1. The van der Waals surface area contributed by atoms with E-state index in [0.717, 1.165) is 6.07 Å². The highest BCUT2D eigenvalue weighted by Gasteiger charge is 2.14. The fraction of sp³-hybridized carbons (Fsp3) is 0.167. The minimum atomic E-state index is -0.647. The zero-order valence-electron chi connectivity index (χ0n) is 9.94. The molecule has 0 unspecified atom stereocenters. The molecule has 0 aliphatic carbocycles. The van der Waals surface area contributed by atoms with E-state index in [2.05, 4.69) is 10.3 Å². The van der Waals surface area contributed by atoms with Crippen LogP contribution in [0.5, 0.6) is 5.75 Å². The van der Waals surface area contributed by atoms with E-state index in [9.17, 15) is 9.18 Å². The predicted molar refractivity (Wildman–Crippen MR) is 72.6 cm³/mol. The molecule has 2 aromatic rings. The van der Waals surface area contributed by atoms with Crippen LogP contribution in [-0.2, 0) is 5.88 Å². The Morgan fingerprint density at radius 2 is 2.37 bits per heavy atom. The Balaban J connectivity index is 2.15. The van der Waals surface area contributed by atoms with E-state index in [1.807, 2.05) is 0 Å². The maximum absolute atomic E-state index is 13.7. The molecule has 0 atom stereocenters. The molecule has 0 bridgehead atoms. The Morgan fingerprint density at radius 1 is 1.58 bits per heavy atom. The highest BCUT2D eigenvalue weighted by molar-refractivity contribution is 7.14. The predicted octanol–water partition coefficient (Wildman–Crippen LogP) is 3.28. The van der Waals surface area contributed by atoms with Crippen molar-refractivity contribution in [1.82, 2.24) is 4.98 Å². The van der Waals surface area contributed by atoms with Crippen molar-refractivity contribution in [3.05, 3.63) is 40.7 Å². The van der Waals surface area contributed by atoms with Crippen LogP contribution in [0.15, 0.2) is 23.6 Å². The number of methoxy groups -OCH3 is 1. The number of carbonyl (C=O) groups excluding carboxylic acids is 1. The maximum atomic E-state index is 13.7. The first-order valence-corrected chi connectivity index (χ1v) is 6.70. The van der Waals surface area contributed by atoms with Crippen molar-refractivity contribution in [2.75, 3.05) is 12.4 Å². The van der Waals surface area contributed by atoms with Gasteiger partial charge in [0.1, 0.15) is 11.6 Å². The Morgan fingerprint density at radius 3 is 2.95 bits per heavy atom. The van der Waals surface area contributed by atoms with Gasteiger partial charge in [0.25, 0.3) is 5.91 Å². The van der Waals surface area contributed by atoms with Crippen LogP contribution in [0.1, 0.15) is 16.1 Å². The SMILES string of the molecule is COc1ccc(C(=O)Nc2nc(CCl)cs2)c(F)c1. The zero-order valence-corrected chi connectivity index (χ0v) is 11.5. The lowest BCUT2D eigenvalue weighted by molar-refractivity contribution is 0.102. The number of hydrogen-bond acceptors (Lipinski definition) is 4. The molecule has 1 aromatic heterocycles. The van der Waals surface area contributed by atoms with Crippen molar-refractivity contribution in [3.8, 4) is 5.75 Å². The number of halogens is 2. The van der Waals surface area contributed by atoms with Gasteiger partial charge >= 0.3 is 0 Å². The van der Waals surface area contributed by atoms with Gasteiger partial charge in [0.15, 0.2) is 5.13 Å². The molecule has 4 nitrogen and oxygen atoms in total. The molecule has 2 rings (SSSR count). The molecule has 0 saturated heterocycles. The summed E-state index contributed by atoms with van der Waals surface area (Å²) in [6, 6.07) is 4.03. The minimum absolute atomic E-state index is 0.0663. The number of nitrogens with zero attached hydrogens (tertiary/aromatic N) is 1. The van der Waals surface area contributed by atoms with Gasteiger partial charge in [0.2, 0.25) is 0 Å². The number of hydrogen-bond donors (Lipinski definition) is 1. The number of alkyl halides is 1. The molecule has 1 N–H and O–H groups in total. The molecular formula is C12H10ClFN2O2S. The first-order valence-electron chi connectivity index (χ1n) is 5.29. The molecule has 0 aliphatic rings. The third-order valence-corrected chi connectivity index (χ3v) is 3.41. The minimum Gasteiger partial charge on any atom is -0.497 e. The Hall–Kier alpha value is -1.66. The van der Waals surface area contributed by atoms with Crippen LogP contribution in [0, 0.1) is 5.82 Å². The lowest BCUT2D eigenvalue weighted by atomic mass is 10.2. The molecule has 0 fully saturated rings. The smallest absolute Gasteiger partial charge is 0.260 e. The summed E-state index contributed by atoms with van der Waals surface area (Å²) in [4.78, 5) is 15.9. The third kappa shape index (κ3) is 3.21. The second-order valence-electron chi connectivity index (χ2n) is 3.58. The average molecular weight is 301 g/mol. The van der Waals surface area contributed by atoms with Crippen molar-refractivity contribution in [2.45, 2.75) is 5.88 Å². The molecular weight excluding hydrogens is 291 g/mol. The summed E-state index contributed by atoms with van der Waals surface area (Å²) < 4.78 is 18.6. The van der Waals surface area contributed by atoms with Crippen LogP contribution in [0.3, 0.4) is 0 Å². The van der Waals surface area contributed by atoms with Crippen LogP contribution in [0.4, 0.5) is 9.52 Å². The number of aromatic nitrogens is 1. The first kappa shape index (κ1) is 13.8. The van der Waals surface area contributed by atoms with Gasteiger partial charge in [0, 0.05) is 11.4 Å². The average Bonchev–Trinajstić information content (AvgIpc) is 2.86. The lowest BCUT2D eigenvalue weighted by Crippen LogP contribution is -2.13. The standard InChI is InChI=1S/C12H10ClFN2O2S/c1-18-8-2-3-9(10(14)4-8)11(17)16-12-15-7(5-13)6-19-12/h2-4,6H,5H2,1H3,(H,15,16,17). The van der Waals surface area contributed by atoms with Crippen molar-refractivity contribution in [1.29, 1.82) is 0 Å². The summed E-state index contributed by atoms with van der Waals surface area (Å²) in [5, 5.41) is 4.63. The zero-order chi connectivity index (χ0) is 13.8. The highest BCUT2D eigenvalue weighted by Crippen LogP contribution is 2.20. The van der Waals surface area contributed by atoms with Gasteiger partial charge in [-0.05, 0) is 12.1 Å². The lowest BCUT2D eigenvalue weighted by Gasteiger charge is -2.05. The number of rotatable bonds is 4. The second-order valence-corrected chi connectivity index (χ2v) is 4.70. The maximum Gasteiger partial charge on any atom is 0.260 e. The molecule has 1 aromatic carbocycles. The van der Waals surface area contributed by atoms with E-state index >= 15 is 0 Å². The Labute approximate surface area is 118 Å². The van der Waals surface area contributed by atoms with Crippen LogP contribution >= 0.6 is 22.9 Å². The number of anilines is 1. The van der Waals surface area contributed by atoms with Crippen LogP contribution in [-0.4, -0.2) is 18.0 Å². The van der Waals surface area contributed by atoms with Gasteiger partial charge in [-0.25, -0.2) is 9.37 Å². The van der Waals surface area contributed by atoms with E-state index in [0.29, 0.717) is 16.6 Å². The van der Waals surface area contributed by atoms with Crippen molar-refractivity contribution in [3.63, 3.8) is 0 Å². The van der Waals surface area contributed by atoms with Crippen molar-refractivity contribution < 1.29 is 13.9 Å². The molecule has 19 heavy (non-hydrogen) atoms. The summed E-state index contributed by atoms with van der Waals surface area (Å²) in [7, 11) is 1.43. The van der Waals surface area contributed by atoms with Crippen molar-refractivity contribution >= 4 is 34.0 Å². The van der Waals surface area contributed by atoms with Crippen LogP contribution in [0.2, 0.25) is 0 Å².